The van der Waals surface area contributed by atoms with E-state index in [9.17, 15) is 4.79 Å². The highest BCUT2D eigenvalue weighted by molar-refractivity contribution is 6.30. The fourth-order valence-electron chi connectivity index (χ4n) is 2.32. The van der Waals surface area contributed by atoms with Crippen molar-refractivity contribution in [3.05, 3.63) is 65.3 Å². The van der Waals surface area contributed by atoms with E-state index in [0.717, 1.165) is 16.6 Å². The Morgan fingerprint density at radius 1 is 1.12 bits per heavy atom. The Bertz CT molecular complexity index is 987. The molecular formula is C17H11ClN4O2. The Labute approximate surface area is 141 Å². The molecule has 0 spiro atoms. The van der Waals surface area contributed by atoms with Crippen LogP contribution in [-0.2, 0) is 0 Å². The third-order valence-corrected chi connectivity index (χ3v) is 3.74. The Hall–Kier alpha value is -3.12. The highest BCUT2D eigenvalue weighted by atomic mass is 35.5. The summed E-state index contributed by atoms with van der Waals surface area (Å²) in [6.07, 6.45) is 0. The van der Waals surface area contributed by atoms with Crippen LogP contribution in [0.4, 0.5) is 5.95 Å². The van der Waals surface area contributed by atoms with Crippen molar-refractivity contribution < 1.29 is 9.32 Å². The van der Waals surface area contributed by atoms with Crippen molar-refractivity contribution in [2.75, 3.05) is 5.32 Å². The van der Waals surface area contributed by atoms with E-state index in [-0.39, 0.29) is 5.69 Å². The lowest BCUT2D eigenvalue weighted by Crippen LogP contribution is -2.13. The fourth-order valence-corrected chi connectivity index (χ4v) is 2.44. The normalized spacial score (nSPS) is 10.9. The summed E-state index contributed by atoms with van der Waals surface area (Å²) in [5.74, 6) is 0.441. The molecule has 0 radical (unpaired) electrons. The maximum Gasteiger partial charge on any atom is 0.280 e. The van der Waals surface area contributed by atoms with Crippen molar-refractivity contribution in [2.24, 2.45) is 0 Å². The van der Waals surface area contributed by atoms with Crippen LogP contribution in [-0.4, -0.2) is 21.0 Å². The predicted octanol–water partition coefficient (Wildman–Crippen LogP) is 4.12. The zero-order valence-electron chi connectivity index (χ0n) is 12.3. The number of halogens is 1. The van der Waals surface area contributed by atoms with Crippen LogP contribution < -0.4 is 5.32 Å². The molecule has 6 nitrogen and oxygen atoms in total. The van der Waals surface area contributed by atoms with Gasteiger partial charge in [0.05, 0.1) is 11.0 Å². The molecule has 7 heteroatoms. The summed E-state index contributed by atoms with van der Waals surface area (Å²) in [7, 11) is 0. The second-order valence-corrected chi connectivity index (χ2v) is 5.58. The number of hydrogen-bond donors (Lipinski definition) is 2. The standard InChI is InChI=1S/C17H11ClN4O2/c18-11-7-5-10(6-8-11)15-9-14(22-24-15)16(23)21-17-19-12-3-1-2-4-13(12)20-17/h1-9H,(H2,19,20,21,23). The Balaban J connectivity index is 1.55. The molecule has 2 aromatic heterocycles. The largest absolute Gasteiger partial charge is 0.355 e. The maximum atomic E-state index is 12.3. The van der Waals surface area contributed by atoms with Gasteiger partial charge in [-0.05, 0) is 36.4 Å². The quantitative estimate of drug-likeness (QED) is 0.588. The van der Waals surface area contributed by atoms with Gasteiger partial charge in [-0.2, -0.15) is 0 Å². The van der Waals surface area contributed by atoms with Crippen molar-refractivity contribution in [1.29, 1.82) is 0 Å². The smallest absolute Gasteiger partial charge is 0.280 e. The highest BCUT2D eigenvalue weighted by Crippen LogP contribution is 2.22. The van der Waals surface area contributed by atoms with Crippen LogP contribution >= 0.6 is 11.6 Å². The van der Waals surface area contributed by atoms with Crippen molar-refractivity contribution in [2.45, 2.75) is 0 Å². The highest BCUT2D eigenvalue weighted by Gasteiger charge is 2.15. The number of carbonyl (C=O) groups excluding carboxylic acids is 1. The van der Waals surface area contributed by atoms with Crippen molar-refractivity contribution in [3.8, 4) is 11.3 Å². The summed E-state index contributed by atoms with van der Waals surface area (Å²) in [4.78, 5) is 19.6. The van der Waals surface area contributed by atoms with Gasteiger partial charge in [0.15, 0.2) is 11.5 Å². The van der Waals surface area contributed by atoms with Gasteiger partial charge in [0, 0.05) is 16.7 Å². The van der Waals surface area contributed by atoms with Gasteiger partial charge in [0.2, 0.25) is 5.95 Å². The molecule has 118 valence electrons. The third kappa shape index (κ3) is 2.75. The molecular weight excluding hydrogens is 328 g/mol. The van der Waals surface area contributed by atoms with E-state index in [0.29, 0.717) is 16.7 Å². The zero-order chi connectivity index (χ0) is 16.5. The van der Waals surface area contributed by atoms with Crippen molar-refractivity contribution >= 4 is 34.5 Å². The first-order valence-electron chi connectivity index (χ1n) is 7.18. The van der Waals surface area contributed by atoms with E-state index in [4.69, 9.17) is 16.1 Å². The number of aromatic amines is 1. The molecule has 24 heavy (non-hydrogen) atoms. The van der Waals surface area contributed by atoms with E-state index in [2.05, 4.69) is 20.4 Å². The number of benzene rings is 2. The number of carbonyl (C=O) groups is 1. The number of H-pyrrole nitrogens is 1. The zero-order valence-corrected chi connectivity index (χ0v) is 13.0. The molecule has 0 unspecified atom stereocenters. The second kappa shape index (κ2) is 5.82. The number of nitrogens with zero attached hydrogens (tertiary/aromatic N) is 2. The van der Waals surface area contributed by atoms with Crippen molar-refractivity contribution in [1.82, 2.24) is 15.1 Å². The Morgan fingerprint density at radius 2 is 1.92 bits per heavy atom. The van der Waals surface area contributed by atoms with Gasteiger partial charge < -0.3 is 9.51 Å². The summed E-state index contributed by atoms with van der Waals surface area (Å²) in [6, 6.07) is 16.2. The van der Waals surface area contributed by atoms with Crippen LogP contribution in [0.3, 0.4) is 0 Å². The van der Waals surface area contributed by atoms with Gasteiger partial charge in [0.25, 0.3) is 5.91 Å². The SMILES string of the molecule is O=C(Nc1nc2ccccc2[nH]1)c1cc(-c2ccc(Cl)cc2)on1. The molecule has 2 heterocycles. The molecule has 0 fully saturated rings. The van der Waals surface area contributed by atoms with E-state index >= 15 is 0 Å². The van der Waals surface area contributed by atoms with E-state index in [1.165, 1.54) is 0 Å². The lowest BCUT2D eigenvalue weighted by molar-refractivity contribution is 0.101. The molecule has 0 saturated carbocycles. The molecule has 0 bridgehead atoms. The average Bonchev–Trinajstić information content (AvgIpc) is 3.21. The lowest BCUT2D eigenvalue weighted by Gasteiger charge is -1.96. The molecule has 2 aromatic carbocycles. The first-order chi connectivity index (χ1) is 11.7. The summed E-state index contributed by atoms with van der Waals surface area (Å²) in [5.41, 5.74) is 2.57. The first-order valence-corrected chi connectivity index (χ1v) is 7.55. The van der Waals surface area contributed by atoms with Gasteiger partial charge >= 0.3 is 0 Å². The summed E-state index contributed by atoms with van der Waals surface area (Å²) in [5, 5.41) is 7.10. The minimum Gasteiger partial charge on any atom is -0.355 e. The molecule has 0 aliphatic heterocycles. The van der Waals surface area contributed by atoms with Gasteiger partial charge in [-0.25, -0.2) is 4.98 Å². The average molecular weight is 339 g/mol. The Morgan fingerprint density at radius 3 is 2.71 bits per heavy atom. The lowest BCUT2D eigenvalue weighted by atomic mass is 10.1. The minimum absolute atomic E-state index is 0.167. The number of hydrogen-bond acceptors (Lipinski definition) is 4. The molecule has 0 aliphatic rings. The molecule has 2 N–H and O–H groups in total. The van der Waals surface area contributed by atoms with Crippen LogP contribution in [0.25, 0.3) is 22.4 Å². The number of imidazole rings is 1. The third-order valence-electron chi connectivity index (χ3n) is 3.49. The summed E-state index contributed by atoms with van der Waals surface area (Å²) < 4.78 is 5.22. The Kier molecular flexibility index (Phi) is 3.51. The van der Waals surface area contributed by atoms with Gasteiger partial charge in [-0.3, -0.25) is 10.1 Å². The predicted molar refractivity (Wildman–Crippen MR) is 91.0 cm³/mol. The maximum absolute atomic E-state index is 12.3. The van der Waals surface area contributed by atoms with Gasteiger partial charge in [0.1, 0.15) is 0 Å². The number of anilines is 1. The monoisotopic (exact) mass is 338 g/mol. The molecule has 0 atom stereocenters. The van der Waals surface area contributed by atoms with Crippen LogP contribution in [0.15, 0.2) is 59.1 Å². The van der Waals surface area contributed by atoms with Crippen LogP contribution in [0, 0.1) is 0 Å². The number of fused-ring (bicyclic) bond motifs is 1. The van der Waals surface area contributed by atoms with E-state index in [1.54, 1.807) is 30.3 Å². The van der Waals surface area contributed by atoms with Crippen molar-refractivity contribution in [3.63, 3.8) is 0 Å². The molecule has 0 saturated heterocycles. The molecule has 4 rings (SSSR count). The molecule has 1 amide bonds. The van der Waals surface area contributed by atoms with E-state index in [1.807, 2.05) is 24.3 Å². The van der Waals surface area contributed by atoms with Gasteiger partial charge in [-0.15, -0.1) is 0 Å². The van der Waals surface area contributed by atoms with Gasteiger partial charge in [-0.1, -0.05) is 28.9 Å². The molecule has 4 aromatic rings. The minimum atomic E-state index is -0.405. The van der Waals surface area contributed by atoms with Crippen LogP contribution in [0.2, 0.25) is 5.02 Å². The number of nitrogens with one attached hydrogen (secondary N) is 2. The van der Waals surface area contributed by atoms with Crippen LogP contribution in [0.1, 0.15) is 10.5 Å². The molecule has 0 aliphatic carbocycles. The number of rotatable bonds is 3. The number of para-hydroxylation sites is 2. The summed E-state index contributed by atoms with van der Waals surface area (Å²) in [6.45, 7) is 0. The van der Waals surface area contributed by atoms with E-state index < -0.39 is 5.91 Å². The second-order valence-electron chi connectivity index (χ2n) is 5.14. The number of amides is 1. The summed E-state index contributed by atoms with van der Waals surface area (Å²) >= 11 is 5.86. The first kappa shape index (κ1) is 14.5. The topological polar surface area (TPSA) is 83.8 Å². The fraction of sp³-hybridized carbons (Fsp3) is 0. The number of aromatic nitrogens is 3. The van der Waals surface area contributed by atoms with Crippen LogP contribution in [0.5, 0.6) is 0 Å².